The average molecular weight is 363 g/mol. The number of nitrogens with zero attached hydrogens (tertiary/aromatic N) is 1. The molecule has 3 rings (SSSR count). The Morgan fingerprint density at radius 3 is 2.86 bits per heavy atom. The average Bonchev–Trinajstić information content (AvgIpc) is 2.87. The third kappa shape index (κ3) is 3.24. The molecule has 0 radical (unpaired) electrons. The highest BCUT2D eigenvalue weighted by Crippen LogP contribution is 2.29. The second kappa shape index (κ2) is 6.12. The summed E-state index contributed by atoms with van der Waals surface area (Å²) in [6, 6.07) is 12.4. The molecule has 0 unspecified atom stereocenters. The van der Waals surface area contributed by atoms with Gasteiger partial charge in [-0.25, -0.2) is 4.98 Å². The second-order valence-electron chi connectivity index (χ2n) is 4.82. The fourth-order valence-electron chi connectivity index (χ4n) is 2.12. The van der Waals surface area contributed by atoms with Gasteiger partial charge >= 0.3 is 0 Å². The number of imidazole rings is 1. The Kier molecular flexibility index (Phi) is 4.22. The first kappa shape index (κ1) is 14.5. The summed E-state index contributed by atoms with van der Waals surface area (Å²) in [7, 11) is 1.67. The van der Waals surface area contributed by atoms with Crippen LogP contribution in [-0.4, -0.2) is 17.1 Å². The van der Waals surface area contributed by atoms with E-state index in [9.17, 15) is 0 Å². The Bertz CT molecular complexity index is 785. The van der Waals surface area contributed by atoms with Crippen molar-refractivity contribution in [2.45, 2.75) is 17.8 Å². The molecule has 0 fully saturated rings. The number of rotatable bonds is 4. The van der Waals surface area contributed by atoms with Crippen LogP contribution >= 0.6 is 27.7 Å². The topological polar surface area (TPSA) is 37.9 Å². The van der Waals surface area contributed by atoms with Crippen LogP contribution in [0.2, 0.25) is 0 Å². The fraction of sp³-hybridized carbons (Fsp3) is 0.188. The van der Waals surface area contributed by atoms with Crippen LogP contribution < -0.4 is 4.74 Å². The van der Waals surface area contributed by atoms with Crippen molar-refractivity contribution < 1.29 is 4.74 Å². The number of methoxy groups -OCH3 is 1. The number of hydrogen-bond acceptors (Lipinski definition) is 3. The smallest absolute Gasteiger partial charge is 0.166 e. The van der Waals surface area contributed by atoms with Crippen molar-refractivity contribution in [3.63, 3.8) is 0 Å². The summed E-state index contributed by atoms with van der Waals surface area (Å²) in [5.74, 6) is 1.71. The molecule has 21 heavy (non-hydrogen) atoms. The summed E-state index contributed by atoms with van der Waals surface area (Å²) in [6.07, 6.45) is 0. The van der Waals surface area contributed by atoms with Crippen molar-refractivity contribution in [1.29, 1.82) is 0 Å². The van der Waals surface area contributed by atoms with Gasteiger partial charge in [0.15, 0.2) is 5.16 Å². The molecule has 5 heteroatoms. The van der Waals surface area contributed by atoms with Gasteiger partial charge in [-0.2, -0.15) is 0 Å². The summed E-state index contributed by atoms with van der Waals surface area (Å²) in [5, 5.41) is 0.947. The molecule has 0 saturated heterocycles. The van der Waals surface area contributed by atoms with Crippen molar-refractivity contribution >= 4 is 38.7 Å². The third-order valence-corrected chi connectivity index (χ3v) is 4.77. The number of halogens is 1. The number of thioether (sulfide) groups is 1. The molecule has 1 N–H and O–H groups in total. The van der Waals surface area contributed by atoms with Gasteiger partial charge in [0.05, 0.1) is 22.6 Å². The molecular formula is C16H15BrN2OS. The lowest BCUT2D eigenvalue weighted by Crippen LogP contribution is -1.87. The molecule has 0 amide bonds. The molecule has 3 nitrogen and oxygen atoms in total. The largest absolute Gasteiger partial charge is 0.496 e. The summed E-state index contributed by atoms with van der Waals surface area (Å²) in [4.78, 5) is 7.96. The number of ether oxygens (including phenoxy) is 1. The lowest BCUT2D eigenvalue weighted by Gasteiger charge is -2.05. The van der Waals surface area contributed by atoms with E-state index < -0.39 is 0 Å². The van der Waals surface area contributed by atoms with E-state index in [4.69, 9.17) is 4.74 Å². The molecule has 1 aromatic heterocycles. The molecule has 0 aliphatic carbocycles. The third-order valence-electron chi connectivity index (χ3n) is 3.21. The Hall–Kier alpha value is -1.46. The van der Waals surface area contributed by atoms with Crippen LogP contribution in [0.3, 0.4) is 0 Å². The van der Waals surface area contributed by atoms with Crippen molar-refractivity contribution in [3.05, 3.63) is 52.0 Å². The summed E-state index contributed by atoms with van der Waals surface area (Å²) >= 11 is 5.21. The normalized spacial score (nSPS) is 11.0. The van der Waals surface area contributed by atoms with E-state index >= 15 is 0 Å². The van der Waals surface area contributed by atoms with E-state index in [1.54, 1.807) is 18.9 Å². The lowest BCUT2D eigenvalue weighted by molar-refractivity contribution is 0.412. The first-order valence-corrected chi connectivity index (χ1v) is 8.35. The zero-order valence-corrected chi connectivity index (χ0v) is 14.2. The van der Waals surface area contributed by atoms with Crippen LogP contribution in [0.5, 0.6) is 5.75 Å². The molecular weight excluding hydrogens is 348 g/mol. The van der Waals surface area contributed by atoms with Gasteiger partial charge in [-0.05, 0) is 58.2 Å². The summed E-state index contributed by atoms with van der Waals surface area (Å²) in [5.41, 5.74) is 4.57. The number of fused-ring (bicyclic) bond motifs is 1. The highest BCUT2D eigenvalue weighted by atomic mass is 79.9. The van der Waals surface area contributed by atoms with Gasteiger partial charge < -0.3 is 9.72 Å². The minimum atomic E-state index is 0.850. The number of hydrogen-bond donors (Lipinski definition) is 1. The molecule has 0 saturated carbocycles. The lowest BCUT2D eigenvalue weighted by atomic mass is 10.2. The summed E-state index contributed by atoms with van der Waals surface area (Å²) < 4.78 is 6.22. The maximum atomic E-state index is 5.24. The van der Waals surface area contributed by atoms with Crippen molar-refractivity contribution in [1.82, 2.24) is 9.97 Å². The molecule has 0 aliphatic rings. The van der Waals surface area contributed by atoms with Crippen LogP contribution in [0.15, 0.2) is 46.0 Å². The van der Waals surface area contributed by atoms with E-state index in [0.717, 1.165) is 32.2 Å². The maximum absolute atomic E-state index is 5.24. The number of nitrogens with one attached hydrogen (secondary N) is 1. The number of aromatic amines is 1. The second-order valence-corrected chi connectivity index (χ2v) is 6.64. The van der Waals surface area contributed by atoms with E-state index in [2.05, 4.69) is 63.2 Å². The number of aryl methyl sites for hydroxylation is 1. The van der Waals surface area contributed by atoms with Gasteiger partial charge in [0.25, 0.3) is 0 Å². The minimum absolute atomic E-state index is 0.850. The standard InChI is InChI=1S/C16H15BrN2OS/c1-10-3-5-13-14(7-10)19-16(18-13)21-9-11-4-6-15(20-2)12(17)8-11/h3-8H,9H2,1-2H3,(H,18,19). The first-order valence-electron chi connectivity index (χ1n) is 6.57. The molecule has 0 bridgehead atoms. The quantitative estimate of drug-likeness (QED) is 0.668. The van der Waals surface area contributed by atoms with Gasteiger partial charge in [0, 0.05) is 5.75 Å². The molecule has 0 aliphatic heterocycles. The molecule has 2 aromatic carbocycles. The van der Waals surface area contributed by atoms with Crippen molar-refractivity contribution in [2.24, 2.45) is 0 Å². The van der Waals surface area contributed by atoms with Gasteiger partial charge in [-0.1, -0.05) is 23.9 Å². The Morgan fingerprint density at radius 2 is 2.10 bits per heavy atom. The highest BCUT2D eigenvalue weighted by molar-refractivity contribution is 9.10. The minimum Gasteiger partial charge on any atom is -0.496 e. The van der Waals surface area contributed by atoms with Crippen molar-refractivity contribution in [2.75, 3.05) is 7.11 Å². The summed E-state index contributed by atoms with van der Waals surface area (Å²) in [6.45, 7) is 2.09. The van der Waals surface area contributed by atoms with Gasteiger partial charge in [0.2, 0.25) is 0 Å². The van der Waals surface area contributed by atoms with Crippen LogP contribution in [-0.2, 0) is 5.75 Å². The molecule has 0 spiro atoms. The Balaban J connectivity index is 1.75. The van der Waals surface area contributed by atoms with Gasteiger partial charge in [-0.3, -0.25) is 0 Å². The van der Waals surface area contributed by atoms with Crippen LogP contribution in [0.25, 0.3) is 11.0 Å². The van der Waals surface area contributed by atoms with E-state index in [1.165, 1.54) is 11.1 Å². The van der Waals surface area contributed by atoms with Crippen LogP contribution in [0, 0.1) is 6.92 Å². The van der Waals surface area contributed by atoms with E-state index in [0.29, 0.717) is 0 Å². The predicted molar refractivity (Wildman–Crippen MR) is 91.1 cm³/mol. The van der Waals surface area contributed by atoms with Crippen LogP contribution in [0.4, 0.5) is 0 Å². The SMILES string of the molecule is COc1ccc(CSc2nc3ccc(C)cc3[nH]2)cc1Br. The monoisotopic (exact) mass is 362 g/mol. The van der Waals surface area contributed by atoms with E-state index in [-0.39, 0.29) is 0 Å². The first-order chi connectivity index (χ1) is 10.2. The molecule has 1 heterocycles. The number of aromatic nitrogens is 2. The van der Waals surface area contributed by atoms with Crippen molar-refractivity contribution in [3.8, 4) is 5.75 Å². The Labute approximate surface area is 136 Å². The number of benzene rings is 2. The van der Waals surface area contributed by atoms with E-state index in [1.807, 2.05) is 6.07 Å². The van der Waals surface area contributed by atoms with Gasteiger partial charge in [0.1, 0.15) is 5.75 Å². The highest BCUT2D eigenvalue weighted by Gasteiger charge is 2.06. The van der Waals surface area contributed by atoms with Gasteiger partial charge in [-0.15, -0.1) is 0 Å². The fourth-order valence-corrected chi connectivity index (χ4v) is 3.54. The number of H-pyrrole nitrogens is 1. The predicted octanol–water partition coefficient (Wildman–Crippen LogP) is 4.93. The zero-order valence-electron chi connectivity index (χ0n) is 11.8. The maximum Gasteiger partial charge on any atom is 0.166 e. The molecule has 0 atom stereocenters. The molecule has 108 valence electrons. The Morgan fingerprint density at radius 1 is 1.24 bits per heavy atom. The molecule has 3 aromatic rings. The zero-order chi connectivity index (χ0) is 14.8. The van der Waals surface area contributed by atoms with Crippen LogP contribution in [0.1, 0.15) is 11.1 Å².